The quantitative estimate of drug-likeness (QED) is 0.00675. The highest BCUT2D eigenvalue weighted by atomic mass is 16.7. The molecule has 4 aromatic heterocycles. The molecule has 4 aliphatic heterocycles. The minimum atomic E-state index is -2.46. The van der Waals surface area contributed by atoms with Gasteiger partial charge in [-0.1, -0.05) is 64.1 Å². The zero-order valence-electron chi connectivity index (χ0n) is 72.9. The number of hydroxylamine groups is 1. The number of unbranched alkanes of at least 4 members (excludes halogenated alkanes) is 1. The number of carbonyl (C=O) groups is 5. The highest BCUT2D eigenvalue weighted by Gasteiger charge is 2.54. The predicted octanol–water partition coefficient (Wildman–Crippen LogP) is 7.26. The standard InChI is InChI=1S/C87H130N14O21/c1-54-18-12-13-19-66-55(2)44-58(5)78(80(113-11)79(105)59(6)45-56(3)71(111-9)50-72(57(4)46-61-22-25-68(102)73(47-61)112-10)120-85(108)67-20-14-16-31-99(67)84(107)81(106)87(109)60(7)21-24-64(122-87)49-70(54)110-8)101(66)119-52-63-51-98(97-95-63)33-35-115-37-39-117-41-43-118-42-40-116-38-36-114-34-30-91-75(104)28-27-74(103)90-29-15-17-32-100-83-76(82(88)92-53-93-83)77(96-100)62-23-26-69-65(48-62)94-86(89)121-69/h12-13,18-19,23,26,45,48,51,53,55-58,60-61,64,67-68,70-73,79-80,102,105,109H,14-17,20-22,24-25,27-44,46-47,49-50,52H2,1-11H3,(H5-,88,89,90,91,92,93,94,96,103,104)/p+1/b13-12+,54-18+,59-45+,66-19-/t55-,56+,57+,58+,60+,61-,64-,67-,68+,70-,71+,72-,73+,79+,80-,87+/m0/s1. The second-order valence-electron chi connectivity index (χ2n) is 32.9. The van der Waals surface area contributed by atoms with Crippen molar-refractivity contribution in [2.24, 2.45) is 35.5 Å². The summed E-state index contributed by atoms with van der Waals surface area (Å²) < 4.78 is 76.5. The van der Waals surface area contributed by atoms with Crippen molar-refractivity contribution < 1.29 is 105 Å². The Hall–Kier alpha value is -8.56. The summed E-state index contributed by atoms with van der Waals surface area (Å²) >= 11 is 0. The van der Waals surface area contributed by atoms with Crippen LogP contribution < -0.4 is 22.1 Å². The number of cyclic esters (lactones) is 1. The normalized spacial score (nSPS) is 28.2. The number of aliphatic hydroxyl groups is 3. The van der Waals surface area contributed by atoms with E-state index in [1.807, 2.05) is 70.2 Å². The van der Waals surface area contributed by atoms with E-state index in [0.717, 1.165) is 23.3 Å². The van der Waals surface area contributed by atoms with Crippen molar-refractivity contribution in [3.05, 3.63) is 83.6 Å². The fourth-order valence-corrected chi connectivity index (χ4v) is 17.0. The van der Waals surface area contributed by atoms with E-state index < -0.39 is 78.1 Å². The van der Waals surface area contributed by atoms with Gasteiger partial charge in [-0.05, 0) is 132 Å². The molecule has 674 valence electrons. The van der Waals surface area contributed by atoms with Crippen LogP contribution >= 0.6 is 0 Å². The first-order valence-corrected chi connectivity index (χ1v) is 43.2. The van der Waals surface area contributed by atoms with Gasteiger partial charge in [0.2, 0.25) is 35.6 Å². The lowest BCUT2D eigenvalue weighted by atomic mass is 9.78. The first-order chi connectivity index (χ1) is 58.8. The maximum absolute atomic E-state index is 14.9. The minimum Gasteiger partial charge on any atom is -0.460 e. The monoisotopic (exact) mass is 1710 g/mol. The number of ether oxygens (including phenoxy) is 11. The molecule has 0 radical (unpaired) electrons. The van der Waals surface area contributed by atoms with Crippen molar-refractivity contribution in [2.45, 2.75) is 232 Å². The molecular formula is C87H131N14O21+. The molecule has 9 N–H and O–H groups in total. The number of methoxy groups -OCH3 is 4. The first kappa shape index (κ1) is 95.7. The van der Waals surface area contributed by atoms with Gasteiger partial charge in [-0.25, -0.2) is 24.1 Å². The fourth-order valence-electron chi connectivity index (χ4n) is 17.0. The molecule has 16 atom stereocenters. The molecule has 1 aromatic carbocycles. The maximum Gasteiger partial charge on any atom is 0.329 e. The number of piperidine rings is 1. The first-order valence-electron chi connectivity index (χ1n) is 43.2. The molecule has 5 aliphatic rings. The number of nitrogens with one attached hydrogen (secondary N) is 2. The molecular weight excluding hydrogens is 1580 g/mol. The summed E-state index contributed by atoms with van der Waals surface area (Å²) in [5, 5.41) is 55.6. The van der Waals surface area contributed by atoms with E-state index in [1.54, 1.807) is 61.7 Å². The van der Waals surface area contributed by atoms with Crippen LogP contribution in [0.2, 0.25) is 0 Å². The number of oxazole rings is 1. The number of rotatable bonds is 37. The Labute approximate surface area is 714 Å². The van der Waals surface area contributed by atoms with Crippen LogP contribution in [0.4, 0.5) is 11.8 Å². The van der Waals surface area contributed by atoms with E-state index in [4.69, 9.17) is 77.9 Å². The molecule has 35 nitrogen and oxygen atoms in total. The number of anilines is 2. The number of nitrogens with two attached hydrogens (primary N) is 2. The molecule has 0 unspecified atom stereocenters. The summed E-state index contributed by atoms with van der Waals surface area (Å²) in [4.78, 5) is 90.0. The van der Waals surface area contributed by atoms with E-state index in [1.165, 1.54) is 11.2 Å². The minimum absolute atomic E-state index is 0.00705. The van der Waals surface area contributed by atoms with Crippen molar-refractivity contribution in [1.29, 1.82) is 0 Å². The molecule has 0 spiro atoms. The summed E-state index contributed by atoms with van der Waals surface area (Å²) in [7, 11) is 6.37. The Kier molecular flexibility index (Phi) is 37.3. The Morgan fingerprint density at radius 2 is 1.44 bits per heavy atom. The van der Waals surface area contributed by atoms with Crippen molar-refractivity contribution in [1.82, 2.24) is 55.3 Å². The van der Waals surface area contributed by atoms with E-state index in [0.29, 0.717) is 207 Å². The number of esters is 1. The van der Waals surface area contributed by atoms with Gasteiger partial charge in [0.15, 0.2) is 17.3 Å². The Bertz CT molecular complexity index is 4370. The van der Waals surface area contributed by atoms with Crippen molar-refractivity contribution >= 4 is 69.2 Å². The molecule has 3 amide bonds. The van der Waals surface area contributed by atoms with Crippen LogP contribution in [0.25, 0.3) is 33.4 Å². The van der Waals surface area contributed by atoms with E-state index in [-0.39, 0.29) is 98.8 Å². The smallest absolute Gasteiger partial charge is 0.329 e. The van der Waals surface area contributed by atoms with Crippen molar-refractivity contribution in [2.75, 3.05) is 126 Å². The van der Waals surface area contributed by atoms with Crippen LogP contribution in [0.5, 0.6) is 0 Å². The molecule has 1 aliphatic carbocycles. The van der Waals surface area contributed by atoms with Gasteiger partial charge in [-0.2, -0.15) is 10.1 Å². The summed E-state index contributed by atoms with van der Waals surface area (Å²) in [6, 6.07) is 4.42. The third-order valence-electron chi connectivity index (χ3n) is 24.0. The average Bonchev–Trinajstić information content (AvgIpc) is 1.30. The van der Waals surface area contributed by atoms with Gasteiger partial charge in [0.05, 0.1) is 115 Å². The Morgan fingerprint density at radius 3 is 2.15 bits per heavy atom. The molecule has 1 saturated carbocycles. The molecule has 35 heteroatoms. The number of aliphatic hydroxyl groups excluding tert-OH is 2. The van der Waals surface area contributed by atoms with Crippen molar-refractivity contribution in [3.8, 4) is 11.3 Å². The van der Waals surface area contributed by atoms with Crippen LogP contribution in [-0.4, -0.2) is 275 Å². The third-order valence-corrected chi connectivity index (χ3v) is 24.0. The summed E-state index contributed by atoms with van der Waals surface area (Å²) in [5.74, 6) is -6.75. The predicted molar refractivity (Wildman–Crippen MR) is 451 cm³/mol. The molecule has 122 heavy (non-hydrogen) atoms. The maximum atomic E-state index is 14.9. The Balaban J connectivity index is 0.659. The number of hydrogen-bond acceptors (Lipinski definition) is 29. The van der Waals surface area contributed by atoms with Crippen LogP contribution in [0.15, 0.2) is 82.4 Å². The Morgan fingerprint density at radius 1 is 0.746 bits per heavy atom. The number of Topliss-reactive ketones (excluding diaryl/α,β-unsaturated/α-hetero) is 1. The van der Waals surface area contributed by atoms with Gasteiger partial charge in [-0.3, -0.25) is 24.0 Å². The largest absolute Gasteiger partial charge is 0.460 e. The molecule has 2 saturated heterocycles. The number of hydrogen-bond donors (Lipinski definition) is 7. The van der Waals surface area contributed by atoms with Gasteiger partial charge in [-0.15, -0.1) is 5.10 Å². The molecule has 8 heterocycles. The number of carbonyl (C=O) groups excluding carboxylic acids is 5. The molecule has 4 bridgehead atoms. The number of allylic oxidation sites excluding steroid dienone is 5. The van der Waals surface area contributed by atoms with Gasteiger partial charge in [0.1, 0.15) is 47.3 Å². The fraction of sp³-hybridized carbons (Fsp3) is 0.678. The second kappa shape index (κ2) is 47.5. The third kappa shape index (κ3) is 26.3. The number of fused-ring (bicyclic) bond motifs is 6. The van der Waals surface area contributed by atoms with Crippen molar-refractivity contribution in [3.63, 3.8) is 0 Å². The SMILES string of the molecule is CO[C@H]1C[C@@H]2CC[C@@H](C)[C@@](O)(O2)C(=O)C(=O)N2CCCC[C@H]2C(=O)O[C@H]([C@H](C)C[C@@H]2CC[C@@H](O)[C@H](OC)C2)C[C@@H](OC)[C@H](C)/C=C(\C)[C@@H](O)[C@@H](OC)C2=[N+](OCc3cn(CCOCCOCCOCCOCCOCCNC(=O)CCC(=O)NCCCCn4nc(-c5ccc6oc(N)nc6c5)c5c(N)ncnc54)nn3)\C(=C/C=C/C=C/1C)[C@@H](C)C[C@H]2C. The molecule has 10 rings (SSSR count). The summed E-state index contributed by atoms with van der Waals surface area (Å²) in [6.45, 7) is 19.0. The second-order valence-corrected chi connectivity index (χ2v) is 32.9. The van der Waals surface area contributed by atoms with Gasteiger partial charge in [0, 0.05) is 120 Å². The molecule has 5 aromatic rings. The number of nitrogen functional groups attached to an aromatic ring is 2. The molecule has 3 fully saturated rings. The van der Waals surface area contributed by atoms with Crippen LogP contribution in [0.3, 0.4) is 0 Å². The number of aromatic nitrogens is 8. The summed E-state index contributed by atoms with van der Waals surface area (Å²) in [6.07, 6.45) is 15.0. The highest BCUT2D eigenvalue weighted by Crippen LogP contribution is 2.40. The lowest BCUT2D eigenvalue weighted by Gasteiger charge is -2.43. The van der Waals surface area contributed by atoms with Crippen LogP contribution in [-0.2, 0) is 101 Å². The van der Waals surface area contributed by atoms with Gasteiger partial charge >= 0.3 is 5.97 Å². The number of nitrogens with zero attached hydrogens (tertiary/aromatic N) is 10. The van der Waals surface area contributed by atoms with Gasteiger partial charge in [0.25, 0.3) is 17.7 Å². The number of ketones is 1. The average molecular weight is 1710 g/mol. The number of benzene rings is 1. The number of amides is 3. The zero-order valence-corrected chi connectivity index (χ0v) is 72.9. The van der Waals surface area contributed by atoms with E-state index in [2.05, 4.69) is 49.7 Å². The topological polar surface area (TPSA) is 439 Å². The van der Waals surface area contributed by atoms with E-state index >= 15 is 0 Å². The highest BCUT2D eigenvalue weighted by molar-refractivity contribution is 6.39. The lowest BCUT2D eigenvalue weighted by Crippen LogP contribution is -2.61. The van der Waals surface area contributed by atoms with Gasteiger partial charge < -0.3 is 98.8 Å². The van der Waals surface area contributed by atoms with E-state index in [9.17, 15) is 39.3 Å². The van der Waals surface area contributed by atoms with Crippen LogP contribution in [0.1, 0.15) is 157 Å². The zero-order chi connectivity index (χ0) is 87.4. The van der Waals surface area contributed by atoms with Crippen LogP contribution in [0, 0.1) is 35.5 Å². The lowest BCUT2D eigenvalue weighted by molar-refractivity contribution is -0.767. The number of aryl methyl sites for hydroxylation is 1. The summed E-state index contributed by atoms with van der Waals surface area (Å²) in [5.41, 5.74) is 18.6.